The van der Waals surface area contributed by atoms with Crippen molar-refractivity contribution in [3.05, 3.63) is 51.9 Å². The van der Waals surface area contributed by atoms with E-state index in [1.54, 1.807) is 19.2 Å². The minimum atomic E-state index is -0.138. The summed E-state index contributed by atoms with van der Waals surface area (Å²) in [6.45, 7) is 2.01. The summed E-state index contributed by atoms with van der Waals surface area (Å²) in [5.41, 5.74) is 1.87. The first-order valence-electron chi connectivity index (χ1n) is 5.85. The summed E-state index contributed by atoms with van der Waals surface area (Å²) in [5, 5.41) is 2.78. The number of fused-ring (bicyclic) bond motifs is 1. The first kappa shape index (κ1) is 12.0. The summed E-state index contributed by atoms with van der Waals surface area (Å²) >= 11 is 1.36. The maximum Gasteiger partial charge on any atom is 0.241 e. The van der Waals surface area contributed by atoms with Crippen molar-refractivity contribution in [2.75, 3.05) is 7.11 Å². The van der Waals surface area contributed by atoms with Crippen molar-refractivity contribution in [3.8, 4) is 5.75 Å². The molecule has 0 bridgehead atoms. The number of thiophene rings is 1. The molecule has 0 saturated heterocycles. The van der Waals surface area contributed by atoms with Gasteiger partial charge in [-0.15, -0.1) is 11.3 Å². The first-order chi connectivity index (χ1) is 9.19. The van der Waals surface area contributed by atoms with Crippen LogP contribution in [0.1, 0.15) is 21.0 Å². The highest BCUT2D eigenvalue weighted by Crippen LogP contribution is 2.29. The number of hydrogen-bond acceptors (Lipinski definition) is 4. The molecule has 0 atom stereocenters. The van der Waals surface area contributed by atoms with Gasteiger partial charge in [-0.1, -0.05) is 11.6 Å². The lowest BCUT2D eigenvalue weighted by Gasteiger charge is -1.98. The van der Waals surface area contributed by atoms with Gasteiger partial charge in [0.25, 0.3) is 0 Å². The van der Waals surface area contributed by atoms with E-state index < -0.39 is 0 Å². The van der Waals surface area contributed by atoms with Crippen LogP contribution in [0, 0.1) is 6.92 Å². The van der Waals surface area contributed by atoms with Gasteiger partial charge in [0.05, 0.1) is 7.11 Å². The number of rotatable bonds is 3. The molecule has 0 amide bonds. The highest BCUT2D eigenvalue weighted by Gasteiger charge is 2.19. The molecular weight excluding hydrogens is 260 g/mol. The predicted molar refractivity (Wildman–Crippen MR) is 75.3 cm³/mol. The lowest BCUT2D eigenvalue weighted by atomic mass is 10.1. The van der Waals surface area contributed by atoms with E-state index >= 15 is 0 Å². The smallest absolute Gasteiger partial charge is 0.241 e. The Labute approximate surface area is 114 Å². The van der Waals surface area contributed by atoms with Crippen LogP contribution in [0.3, 0.4) is 0 Å². The van der Waals surface area contributed by atoms with Crippen LogP contribution < -0.4 is 4.74 Å². The van der Waals surface area contributed by atoms with Gasteiger partial charge in [-0.3, -0.25) is 4.79 Å². The number of ether oxygens (including phenoxy) is 1. The standard InChI is InChI=1S/C15H12O3S/c1-9-3-4-11-10(7-9)8-13(18-11)14(16)15-12(17-2)5-6-19-15/h3-8H,1-2H3. The van der Waals surface area contributed by atoms with E-state index in [2.05, 4.69) is 0 Å². The number of furan rings is 1. The van der Waals surface area contributed by atoms with Crippen LogP contribution in [0.5, 0.6) is 5.75 Å². The fourth-order valence-electron chi connectivity index (χ4n) is 2.01. The van der Waals surface area contributed by atoms with Gasteiger partial charge in [0, 0.05) is 5.39 Å². The summed E-state index contributed by atoms with van der Waals surface area (Å²) in [5.74, 6) is 0.800. The molecule has 0 fully saturated rings. The quantitative estimate of drug-likeness (QED) is 0.675. The molecule has 2 aromatic heterocycles. The fourth-order valence-corrected chi connectivity index (χ4v) is 2.81. The Morgan fingerprint density at radius 1 is 1.26 bits per heavy atom. The second-order valence-electron chi connectivity index (χ2n) is 4.30. The fraction of sp³-hybridized carbons (Fsp3) is 0.133. The topological polar surface area (TPSA) is 39.4 Å². The molecule has 0 N–H and O–H groups in total. The molecule has 0 spiro atoms. The van der Waals surface area contributed by atoms with Crippen LogP contribution >= 0.6 is 11.3 Å². The van der Waals surface area contributed by atoms with E-state index in [-0.39, 0.29) is 5.78 Å². The van der Waals surface area contributed by atoms with Crippen LogP contribution in [0.25, 0.3) is 11.0 Å². The Bertz CT molecular complexity index is 752. The zero-order valence-electron chi connectivity index (χ0n) is 10.6. The molecule has 0 unspecified atom stereocenters. The Morgan fingerprint density at radius 2 is 2.11 bits per heavy atom. The number of aryl methyl sites for hydroxylation is 1. The summed E-state index contributed by atoms with van der Waals surface area (Å²) in [7, 11) is 1.56. The van der Waals surface area contributed by atoms with Crippen molar-refractivity contribution in [2.24, 2.45) is 0 Å². The molecular formula is C15H12O3S. The van der Waals surface area contributed by atoms with Gasteiger partial charge in [0.15, 0.2) is 5.76 Å². The lowest BCUT2D eigenvalue weighted by Crippen LogP contribution is -1.98. The summed E-state index contributed by atoms with van der Waals surface area (Å²) in [6.07, 6.45) is 0. The van der Waals surface area contributed by atoms with Gasteiger partial charge in [-0.25, -0.2) is 0 Å². The molecule has 0 aliphatic rings. The molecule has 1 aromatic carbocycles. The predicted octanol–water partition coefficient (Wildman–Crippen LogP) is 4.04. The number of ketones is 1. The molecule has 2 heterocycles. The number of carbonyl (C=O) groups is 1. The van der Waals surface area contributed by atoms with E-state index in [0.29, 0.717) is 16.4 Å². The normalized spacial score (nSPS) is 10.8. The van der Waals surface area contributed by atoms with Gasteiger partial charge in [-0.05, 0) is 36.6 Å². The summed E-state index contributed by atoms with van der Waals surface area (Å²) in [4.78, 5) is 12.9. The summed E-state index contributed by atoms with van der Waals surface area (Å²) in [6, 6.07) is 9.41. The minimum absolute atomic E-state index is 0.138. The second-order valence-corrected chi connectivity index (χ2v) is 5.22. The van der Waals surface area contributed by atoms with Crippen LogP contribution in [-0.4, -0.2) is 12.9 Å². The average molecular weight is 272 g/mol. The van der Waals surface area contributed by atoms with Gasteiger partial charge in [-0.2, -0.15) is 0 Å². The molecule has 0 aliphatic heterocycles. The Morgan fingerprint density at radius 3 is 2.89 bits per heavy atom. The monoisotopic (exact) mass is 272 g/mol. The van der Waals surface area contributed by atoms with Crippen LogP contribution in [0.2, 0.25) is 0 Å². The Hall–Kier alpha value is -2.07. The zero-order valence-corrected chi connectivity index (χ0v) is 11.4. The molecule has 3 aromatic rings. The molecule has 0 aliphatic carbocycles. The first-order valence-corrected chi connectivity index (χ1v) is 6.73. The van der Waals surface area contributed by atoms with Crippen molar-refractivity contribution < 1.29 is 13.9 Å². The van der Waals surface area contributed by atoms with Gasteiger partial charge in [0.1, 0.15) is 16.2 Å². The highest BCUT2D eigenvalue weighted by atomic mass is 32.1. The Balaban J connectivity index is 2.07. The third-order valence-electron chi connectivity index (χ3n) is 2.95. The zero-order chi connectivity index (χ0) is 13.4. The van der Waals surface area contributed by atoms with E-state index in [9.17, 15) is 4.79 Å². The lowest BCUT2D eigenvalue weighted by molar-refractivity contribution is 0.101. The van der Waals surface area contributed by atoms with Crippen LogP contribution in [0.4, 0.5) is 0 Å². The van der Waals surface area contributed by atoms with Crippen molar-refractivity contribution in [1.29, 1.82) is 0 Å². The third kappa shape index (κ3) is 2.04. The molecule has 19 heavy (non-hydrogen) atoms. The molecule has 0 radical (unpaired) electrons. The van der Waals surface area contributed by atoms with Crippen LogP contribution in [-0.2, 0) is 0 Å². The molecule has 3 rings (SSSR count). The number of hydrogen-bond donors (Lipinski definition) is 0. The third-order valence-corrected chi connectivity index (χ3v) is 3.85. The van der Waals surface area contributed by atoms with Crippen molar-refractivity contribution in [2.45, 2.75) is 6.92 Å². The highest BCUT2D eigenvalue weighted by molar-refractivity contribution is 7.12. The average Bonchev–Trinajstić information content (AvgIpc) is 3.03. The van der Waals surface area contributed by atoms with E-state index in [4.69, 9.17) is 9.15 Å². The van der Waals surface area contributed by atoms with Crippen molar-refractivity contribution in [1.82, 2.24) is 0 Å². The molecule has 3 nitrogen and oxygen atoms in total. The maximum atomic E-state index is 12.4. The van der Waals surface area contributed by atoms with Crippen LogP contribution in [0.15, 0.2) is 40.1 Å². The number of carbonyl (C=O) groups excluding carboxylic acids is 1. The number of methoxy groups -OCH3 is 1. The molecule has 96 valence electrons. The number of benzene rings is 1. The maximum absolute atomic E-state index is 12.4. The van der Waals surface area contributed by atoms with Crippen molar-refractivity contribution >= 4 is 28.1 Å². The SMILES string of the molecule is COc1ccsc1C(=O)c1cc2cc(C)ccc2o1. The van der Waals surface area contributed by atoms with E-state index in [0.717, 1.165) is 16.5 Å². The van der Waals surface area contributed by atoms with Gasteiger partial charge in [0.2, 0.25) is 5.78 Å². The summed E-state index contributed by atoms with van der Waals surface area (Å²) < 4.78 is 10.8. The second kappa shape index (κ2) is 4.55. The van der Waals surface area contributed by atoms with Gasteiger partial charge >= 0.3 is 0 Å². The minimum Gasteiger partial charge on any atom is -0.495 e. The molecule has 0 saturated carbocycles. The largest absolute Gasteiger partial charge is 0.495 e. The molecule has 4 heteroatoms. The van der Waals surface area contributed by atoms with E-state index in [1.165, 1.54) is 11.3 Å². The van der Waals surface area contributed by atoms with Crippen molar-refractivity contribution in [3.63, 3.8) is 0 Å². The Kier molecular flexibility index (Phi) is 2.87. The van der Waals surface area contributed by atoms with E-state index in [1.807, 2.05) is 30.5 Å². The van der Waals surface area contributed by atoms with Gasteiger partial charge < -0.3 is 9.15 Å².